The van der Waals surface area contributed by atoms with Gasteiger partial charge in [-0.15, -0.1) is 0 Å². The highest BCUT2D eigenvalue weighted by molar-refractivity contribution is 7.89. The summed E-state index contributed by atoms with van der Waals surface area (Å²) in [5.74, 6) is -1.43. The number of carboxylic acids is 1. The molecule has 1 N–H and O–H groups in total. The number of nitrogens with zero attached hydrogens (tertiary/aromatic N) is 2. The minimum absolute atomic E-state index is 0.0594. The van der Waals surface area contributed by atoms with Gasteiger partial charge in [0.05, 0.1) is 17.9 Å². The zero-order valence-corrected chi connectivity index (χ0v) is 13.4. The van der Waals surface area contributed by atoms with Gasteiger partial charge in [0.1, 0.15) is 0 Å². The van der Waals surface area contributed by atoms with Crippen LogP contribution in [-0.2, 0) is 19.6 Å². The molecule has 8 heteroatoms. The van der Waals surface area contributed by atoms with Crippen LogP contribution in [0.2, 0.25) is 0 Å². The molecule has 0 atom stereocenters. The Kier molecular flexibility index (Phi) is 6.51. The van der Waals surface area contributed by atoms with Gasteiger partial charge in [0.25, 0.3) is 0 Å². The van der Waals surface area contributed by atoms with E-state index in [4.69, 9.17) is 5.11 Å². The van der Waals surface area contributed by atoms with Crippen molar-refractivity contribution in [3.8, 4) is 0 Å². The molecule has 0 radical (unpaired) electrons. The van der Waals surface area contributed by atoms with Crippen molar-refractivity contribution in [3.05, 3.63) is 30.3 Å². The number of benzene rings is 1. The lowest BCUT2D eigenvalue weighted by atomic mass is 10.3. The van der Waals surface area contributed by atoms with Crippen LogP contribution in [0, 0.1) is 0 Å². The van der Waals surface area contributed by atoms with Crippen LogP contribution in [0.15, 0.2) is 35.2 Å². The highest BCUT2D eigenvalue weighted by Gasteiger charge is 2.24. The van der Waals surface area contributed by atoms with E-state index in [-0.39, 0.29) is 24.4 Å². The Hall–Kier alpha value is -1.93. The van der Waals surface area contributed by atoms with Gasteiger partial charge < -0.3 is 10.0 Å². The number of rotatable bonds is 8. The predicted molar refractivity (Wildman–Crippen MR) is 80.8 cm³/mol. The second-order valence-electron chi connectivity index (χ2n) is 4.69. The molecule has 0 unspecified atom stereocenters. The lowest BCUT2D eigenvalue weighted by Gasteiger charge is -2.23. The van der Waals surface area contributed by atoms with Crippen molar-refractivity contribution in [2.45, 2.75) is 18.2 Å². The first-order chi connectivity index (χ1) is 10.3. The van der Waals surface area contributed by atoms with Gasteiger partial charge in [-0.3, -0.25) is 9.59 Å². The van der Waals surface area contributed by atoms with E-state index >= 15 is 0 Å². The summed E-state index contributed by atoms with van der Waals surface area (Å²) in [6.07, 6.45) is -0.172. The molecule has 1 aromatic rings. The number of likely N-dealkylation sites (N-methyl/N-ethyl adjacent to an activating group) is 2. The second-order valence-corrected chi connectivity index (χ2v) is 6.74. The van der Waals surface area contributed by atoms with E-state index < -0.39 is 21.9 Å². The van der Waals surface area contributed by atoms with Crippen LogP contribution in [0.3, 0.4) is 0 Å². The molecule has 0 fully saturated rings. The Morgan fingerprint density at radius 2 is 1.77 bits per heavy atom. The van der Waals surface area contributed by atoms with Crippen LogP contribution in [0.1, 0.15) is 13.3 Å². The number of hydrogen-bond acceptors (Lipinski definition) is 4. The van der Waals surface area contributed by atoms with Gasteiger partial charge in [0, 0.05) is 20.1 Å². The average Bonchev–Trinajstić information content (AvgIpc) is 2.48. The summed E-state index contributed by atoms with van der Waals surface area (Å²) >= 11 is 0. The Bertz CT molecular complexity index is 615. The predicted octanol–water partition coefficient (Wildman–Crippen LogP) is 0.630. The summed E-state index contributed by atoms with van der Waals surface area (Å²) in [4.78, 5) is 24.1. The molecule has 0 spiro atoms. The summed E-state index contributed by atoms with van der Waals surface area (Å²) < 4.78 is 25.6. The van der Waals surface area contributed by atoms with E-state index in [9.17, 15) is 18.0 Å². The van der Waals surface area contributed by atoms with Crippen molar-refractivity contribution in [2.24, 2.45) is 0 Å². The highest BCUT2D eigenvalue weighted by Crippen LogP contribution is 2.13. The molecule has 1 aromatic carbocycles. The first-order valence-corrected chi connectivity index (χ1v) is 8.24. The van der Waals surface area contributed by atoms with Gasteiger partial charge in [-0.2, -0.15) is 4.31 Å². The Balaban J connectivity index is 2.76. The minimum Gasteiger partial charge on any atom is -0.481 e. The van der Waals surface area contributed by atoms with E-state index in [0.29, 0.717) is 6.54 Å². The smallest absolute Gasteiger partial charge is 0.305 e. The quantitative estimate of drug-likeness (QED) is 0.755. The summed E-state index contributed by atoms with van der Waals surface area (Å²) in [5, 5.41) is 8.66. The summed E-state index contributed by atoms with van der Waals surface area (Å²) in [5.41, 5.74) is 0. The zero-order chi connectivity index (χ0) is 16.8. The molecule has 1 rings (SSSR count). The molecule has 22 heavy (non-hydrogen) atoms. The maximum Gasteiger partial charge on any atom is 0.305 e. The van der Waals surface area contributed by atoms with Crippen molar-refractivity contribution in [2.75, 3.05) is 26.7 Å². The number of carbonyl (C=O) groups is 2. The normalized spacial score (nSPS) is 11.4. The standard InChI is InChI=1S/C14H20N2O5S/c1-3-16(10-9-14(18)19)13(17)11-15(2)22(20,21)12-7-5-4-6-8-12/h4-8H,3,9-11H2,1-2H3,(H,18,19). The first kappa shape index (κ1) is 18.1. The summed E-state index contributed by atoms with van der Waals surface area (Å²) in [6, 6.07) is 7.83. The van der Waals surface area contributed by atoms with E-state index in [1.807, 2.05) is 0 Å². The molecule has 0 aliphatic heterocycles. The lowest BCUT2D eigenvalue weighted by molar-refractivity contribution is -0.138. The number of sulfonamides is 1. The third-order valence-corrected chi connectivity index (χ3v) is 4.96. The zero-order valence-electron chi connectivity index (χ0n) is 12.6. The molecular formula is C14H20N2O5S. The van der Waals surface area contributed by atoms with Gasteiger partial charge in [0.15, 0.2) is 0 Å². The average molecular weight is 328 g/mol. The number of aliphatic carboxylic acids is 1. The van der Waals surface area contributed by atoms with Crippen LogP contribution in [0.4, 0.5) is 0 Å². The number of carboxylic acid groups (broad SMARTS) is 1. The van der Waals surface area contributed by atoms with Gasteiger partial charge in [-0.05, 0) is 19.1 Å². The monoisotopic (exact) mass is 328 g/mol. The fraction of sp³-hybridized carbons (Fsp3) is 0.429. The maximum atomic E-state index is 12.3. The van der Waals surface area contributed by atoms with Crippen molar-refractivity contribution in [3.63, 3.8) is 0 Å². The molecule has 0 saturated carbocycles. The fourth-order valence-electron chi connectivity index (χ4n) is 1.84. The van der Waals surface area contributed by atoms with Crippen LogP contribution in [0.5, 0.6) is 0 Å². The largest absolute Gasteiger partial charge is 0.481 e. The maximum absolute atomic E-state index is 12.3. The van der Waals surface area contributed by atoms with Gasteiger partial charge in [-0.25, -0.2) is 8.42 Å². The molecule has 0 bridgehead atoms. The van der Waals surface area contributed by atoms with Crippen molar-refractivity contribution >= 4 is 21.9 Å². The molecule has 1 amide bonds. The molecule has 0 saturated heterocycles. The number of amides is 1. The highest BCUT2D eigenvalue weighted by atomic mass is 32.2. The van der Waals surface area contributed by atoms with Gasteiger partial charge in [0.2, 0.25) is 15.9 Å². The topological polar surface area (TPSA) is 95.0 Å². The lowest BCUT2D eigenvalue weighted by Crippen LogP contribution is -2.41. The van der Waals surface area contributed by atoms with Crippen molar-refractivity contribution in [1.29, 1.82) is 0 Å². The molecule has 0 heterocycles. The molecule has 0 aliphatic carbocycles. The number of carbonyl (C=O) groups excluding carboxylic acids is 1. The molecular weight excluding hydrogens is 308 g/mol. The van der Waals surface area contributed by atoms with Crippen molar-refractivity contribution < 1.29 is 23.1 Å². The van der Waals surface area contributed by atoms with E-state index in [2.05, 4.69) is 0 Å². The minimum atomic E-state index is -3.74. The van der Waals surface area contributed by atoms with E-state index in [1.54, 1.807) is 25.1 Å². The Morgan fingerprint density at radius 3 is 2.27 bits per heavy atom. The van der Waals surface area contributed by atoms with Crippen LogP contribution < -0.4 is 0 Å². The number of hydrogen-bond donors (Lipinski definition) is 1. The van der Waals surface area contributed by atoms with E-state index in [1.165, 1.54) is 24.1 Å². The molecule has 0 aromatic heterocycles. The Labute approximate surface area is 130 Å². The fourth-order valence-corrected chi connectivity index (χ4v) is 2.98. The van der Waals surface area contributed by atoms with Gasteiger partial charge in [-0.1, -0.05) is 18.2 Å². The molecule has 122 valence electrons. The summed E-state index contributed by atoms with van der Waals surface area (Å²) in [6.45, 7) is 1.77. The third kappa shape index (κ3) is 4.81. The third-order valence-electron chi connectivity index (χ3n) is 3.14. The van der Waals surface area contributed by atoms with Crippen molar-refractivity contribution in [1.82, 2.24) is 9.21 Å². The summed E-state index contributed by atoms with van der Waals surface area (Å²) in [7, 11) is -2.41. The Morgan fingerprint density at radius 1 is 1.18 bits per heavy atom. The molecule has 0 aliphatic rings. The van der Waals surface area contributed by atoms with Crippen LogP contribution in [-0.4, -0.2) is 61.3 Å². The van der Waals surface area contributed by atoms with E-state index in [0.717, 1.165) is 4.31 Å². The second kappa shape index (κ2) is 7.90. The van der Waals surface area contributed by atoms with Crippen LogP contribution in [0.25, 0.3) is 0 Å². The molecule has 7 nitrogen and oxygen atoms in total. The first-order valence-electron chi connectivity index (χ1n) is 6.80. The van der Waals surface area contributed by atoms with Gasteiger partial charge >= 0.3 is 5.97 Å². The SMILES string of the molecule is CCN(CCC(=O)O)C(=O)CN(C)S(=O)(=O)c1ccccc1. The van der Waals surface area contributed by atoms with Crippen LogP contribution >= 0.6 is 0 Å².